The summed E-state index contributed by atoms with van der Waals surface area (Å²) in [6.45, 7) is 13.4. The van der Waals surface area contributed by atoms with Gasteiger partial charge in [-0.3, -0.25) is 4.90 Å². The number of thiazole rings is 1. The molecule has 0 radical (unpaired) electrons. The molecule has 1 saturated heterocycles. The highest BCUT2D eigenvalue weighted by molar-refractivity contribution is 7.11. The van der Waals surface area contributed by atoms with E-state index in [-0.39, 0.29) is 5.41 Å². The molecule has 3 nitrogen and oxygen atoms in total. The molecule has 2 heterocycles. The van der Waals surface area contributed by atoms with Crippen LogP contribution in [0.5, 0.6) is 0 Å². The lowest BCUT2D eigenvalue weighted by atomic mass is 9.71. The van der Waals surface area contributed by atoms with Crippen LogP contribution in [0.4, 0.5) is 0 Å². The molecule has 0 saturated carbocycles. The number of aromatic nitrogens is 1. The van der Waals surface area contributed by atoms with Gasteiger partial charge >= 0.3 is 0 Å². The van der Waals surface area contributed by atoms with Gasteiger partial charge in [0.1, 0.15) is 0 Å². The quantitative estimate of drug-likeness (QED) is 0.926. The first-order valence-corrected chi connectivity index (χ1v) is 7.97. The van der Waals surface area contributed by atoms with Crippen molar-refractivity contribution in [2.45, 2.75) is 59.6 Å². The van der Waals surface area contributed by atoms with Crippen molar-refractivity contribution in [2.24, 2.45) is 5.41 Å². The third-order valence-corrected chi connectivity index (χ3v) is 5.58. The summed E-state index contributed by atoms with van der Waals surface area (Å²) in [7, 11) is 0. The Labute approximate surface area is 120 Å². The van der Waals surface area contributed by atoms with Gasteiger partial charge in [-0.2, -0.15) is 0 Å². The van der Waals surface area contributed by atoms with Crippen LogP contribution in [0, 0.1) is 12.3 Å². The van der Waals surface area contributed by atoms with E-state index in [1.807, 2.05) is 18.3 Å². The molecule has 19 heavy (non-hydrogen) atoms. The molecule has 1 aliphatic rings. The van der Waals surface area contributed by atoms with Crippen LogP contribution in [0.15, 0.2) is 0 Å². The van der Waals surface area contributed by atoms with E-state index in [9.17, 15) is 5.11 Å². The lowest BCUT2D eigenvalue weighted by molar-refractivity contribution is -0.106. The van der Waals surface area contributed by atoms with E-state index in [0.717, 1.165) is 37.5 Å². The van der Waals surface area contributed by atoms with Crippen molar-refractivity contribution in [3.63, 3.8) is 0 Å². The maximum atomic E-state index is 10.5. The summed E-state index contributed by atoms with van der Waals surface area (Å²) in [4.78, 5) is 8.46. The van der Waals surface area contributed by atoms with Gasteiger partial charge < -0.3 is 5.11 Å². The van der Waals surface area contributed by atoms with Crippen LogP contribution >= 0.6 is 11.3 Å². The summed E-state index contributed by atoms with van der Waals surface area (Å²) in [5.74, 6) is 0. The fraction of sp³-hybridized carbons (Fsp3) is 0.800. The van der Waals surface area contributed by atoms with Crippen molar-refractivity contribution in [2.75, 3.05) is 13.1 Å². The van der Waals surface area contributed by atoms with Gasteiger partial charge in [-0.25, -0.2) is 4.98 Å². The van der Waals surface area contributed by atoms with Gasteiger partial charge in [0.15, 0.2) is 0 Å². The van der Waals surface area contributed by atoms with E-state index in [1.165, 1.54) is 10.6 Å². The van der Waals surface area contributed by atoms with Crippen molar-refractivity contribution in [1.29, 1.82) is 0 Å². The summed E-state index contributed by atoms with van der Waals surface area (Å²) >= 11 is 1.82. The number of hydrogen-bond donors (Lipinski definition) is 1. The first-order valence-electron chi connectivity index (χ1n) is 7.15. The minimum Gasteiger partial charge on any atom is -0.390 e. The highest BCUT2D eigenvalue weighted by Crippen LogP contribution is 2.39. The number of aryl methyl sites for hydroxylation is 2. The fourth-order valence-corrected chi connectivity index (χ4v) is 3.84. The molecule has 1 aromatic heterocycles. The molecule has 108 valence electrons. The maximum Gasteiger partial charge on any atom is 0.0900 e. The molecule has 0 spiro atoms. The zero-order valence-corrected chi connectivity index (χ0v) is 13.6. The summed E-state index contributed by atoms with van der Waals surface area (Å²) < 4.78 is 0. The molecule has 1 aromatic rings. The number of nitrogens with zero attached hydrogens (tertiary/aromatic N) is 2. The van der Waals surface area contributed by atoms with Crippen LogP contribution < -0.4 is 0 Å². The molecule has 4 heteroatoms. The summed E-state index contributed by atoms with van der Waals surface area (Å²) in [5.41, 5.74) is 0.635. The fourth-order valence-electron chi connectivity index (χ4n) is 2.77. The third-order valence-electron chi connectivity index (χ3n) is 4.58. The van der Waals surface area contributed by atoms with Gasteiger partial charge in [0.2, 0.25) is 0 Å². The molecule has 1 atom stereocenters. The predicted octanol–water partition coefficient (Wildman–Crippen LogP) is 3.00. The summed E-state index contributed by atoms with van der Waals surface area (Å²) in [5, 5.41) is 11.6. The Morgan fingerprint density at radius 3 is 2.63 bits per heavy atom. The Balaban J connectivity index is 2.09. The molecule has 0 aromatic carbocycles. The highest BCUT2D eigenvalue weighted by Gasteiger charge is 2.43. The van der Waals surface area contributed by atoms with E-state index in [0.29, 0.717) is 0 Å². The molecule has 0 amide bonds. The minimum absolute atomic E-state index is 0.0582. The van der Waals surface area contributed by atoms with Crippen molar-refractivity contribution >= 4 is 11.3 Å². The third kappa shape index (κ3) is 3.01. The molecule has 2 rings (SSSR count). The predicted molar refractivity (Wildman–Crippen MR) is 80.5 cm³/mol. The lowest BCUT2D eigenvalue weighted by Crippen LogP contribution is -2.55. The highest BCUT2D eigenvalue weighted by atomic mass is 32.1. The normalized spacial score (nSPS) is 27.7. The zero-order chi connectivity index (χ0) is 14.3. The van der Waals surface area contributed by atoms with Crippen molar-refractivity contribution in [3.05, 3.63) is 15.6 Å². The number of likely N-dealkylation sites (tertiary alicyclic amines) is 1. The topological polar surface area (TPSA) is 36.4 Å². The van der Waals surface area contributed by atoms with Gasteiger partial charge in [0.05, 0.1) is 16.3 Å². The Morgan fingerprint density at radius 2 is 2.05 bits per heavy atom. The van der Waals surface area contributed by atoms with E-state index < -0.39 is 5.60 Å². The van der Waals surface area contributed by atoms with Crippen LogP contribution in [0.1, 0.15) is 49.7 Å². The first-order chi connectivity index (χ1) is 8.75. The van der Waals surface area contributed by atoms with Crippen LogP contribution in [-0.4, -0.2) is 33.7 Å². The van der Waals surface area contributed by atoms with Crippen molar-refractivity contribution in [3.8, 4) is 0 Å². The van der Waals surface area contributed by atoms with Gasteiger partial charge in [-0.15, -0.1) is 11.3 Å². The smallest absolute Gasteiger partial charge is 0.0900 e. The molecule has 1 fully saturated rings. The van der Waals surface area contributed by atoms with Crippen LogP contribution in [0.25, 0.3) is 0 Å². The SMILES string of the molecule is CCc1nc(C)sc1CN1CC[C@](C)(O)C(C)(C)C1. The Hall–Kier alpha value is -0.450. The molecule has 0 bridgehead atoms. The van der Waals surface area contributed by atoms with Gasteiger partial charge in [-0.1, -0.05) is 20.8 Å². The van der Waals surface area contributed by atoms with Crippen LogP contribution in [-0.2, 0) is 13.0 Å². The molecule has 0 aliphatic carbocycles. The monoisotopic (exact) mass is 282 g/mol. The summed E-state index contributed by atoms with van der Waals surface area (Å²) in [6.07, 6.45) is 1.86. The Bertz CT molecular complexity index is 451. The van der Waals surface area contributed by atoms with Crippen molar-refractivity contribution in [1.82, 2.24) is 9.88 Å². The number of aliphatic hydroxyl groups is 1. The van der Waals surface area contributed by atoms with Gasteiger partial charge in [-0.05, 0) is 26.7 Å². The summed E-state index contributed by atoms with van der Waals surface area (Å²) in [6, 6.07) is 0. The molecular weight excluding hydrogens is 256 g/mol. The largest absolute Gasteiger partial charge is 0.390 e. The average molecular weight is 282 g/mol. The molecule has 0 unspecified atom stereocenters. The number of hydrogen-bond acceptors (Lipinski definition) is 4. The maximum absolute atomic E-state index is 10.5. The van der Waals surface area contributed by atoms with Gasteiger partial charge in [0, 0.05) is 29.9 Å². The van der Waals surface area contributed by atoms with Crippen LogP contribution in [0.3, 0.4) is 0 Å². The lowest BCUT2D eigenvalue weighted by Gasteiger charge is -2.48. The van der Waals surface area contributed by atoms with Crippen molar-refractivity contribution < 1.29 is 5.11 Å². The van der Waals surface area contributed by atoms with E-state index >= 15 is 0 Å². The van der Waals surface area contributed by atoms with E-state index in [2.05, 4.69) is 37.6 Å². The Kier molecular flexibility index (Phi) is 4.05. The molecule has 1 N–H and O–H groups in total. The van der Waals surface area contributed by atoms with Gasteiger partial charge in [0.25, 0.3) is 0 Å². The first kappa shape index (κ1) is 14.9. The zero-order valence-electron chi connectivity index (χ0n) is 12.8. The second-order valence-electron chi connectivity index (χ2n) is 6.57. The minimum atomic E-state index is -0.555. The average Bonchev–Trinajstić information content (AvgIpc) is 2.64. The second kappa shape index (κ2) is 5.15. The van der Waals surface area contributed by atoms with Crippen LogP contribution in [0.2, 0.25) is 0 Å². The standard InChI is InChI=1S/C15H26N2OS/c1-6-12-13(19-11(2)16-12)9-17-8-7-15(5,18)14(3,4)10-17/h18H,6-10H2,1-5H3/t15-/m0/s1. The molecular formula is C15H26N2OS. The molecule has 1 aliphatic heterocycles. The number of rotatable bonds is 3. The number of piperidine rings is 1. The van der Waals surface area contributed by atoms with E-state index in [4.69, 9.17) is 0 Å². The second-order valence-corrected chi connectivity index (χ2v) is 7.86. The van der Waals surface area contributed by atoms with E-state index in [1.54, 1.807) is 0 Å². The Morgan fingerprint density at radius 1 is 1.37 bits per heavy atom.